The molecule has 0 aromatic heterocycles. The highest BCUT2D eigenvalue weighted by molar-refractivity contribution is 4.42. The first-order chi connectivity index (χ1) is 2.91. The topological polar surface area (TPSA) is 58.9 Å². The van der Waals surface area contributed by atoms with E-state index < -0.39 is 0 Å². The summed E-state index contributed by atoms with van der Waals surface area (Å²) < 4.78 is 0. The Balaban J connectivity index is 2.66. The number of hydrogen-bond acceptors (Lipinski definition) is 4. The van der Waals surface area contributed by atoms with Gasteiger partial charge in [-0.3, -0.25) is 0 Å². The van der Waals surface area contributed by atoms with Crippen molar-refractivity contribution >= 4 is 0 Å². The molecule has 34 valence electrons. The highest BCUT2D eigenvalue weighted by Gasteiger charge is 1.75. The van der Waals surface area contributed by atoms with Gasteiger partial charge in [0.2, 0.25) is 0 Å². The van der Waals surface area contributed by atoms with E-state index in [4.69, 9.17) is 9.81 Å². The van der Waals surface area contributed by atoms with Crippen LogP contribution in [0.15, 0.2) is 10.4 Å². The zero-order chi connectivity index (χ0) is 4.83. The molecule has 0 fully saturated rings. The number of nitroso groups, excluding NO2 is 2. The number of nitrogens with zero attached hydrogens (tertiary/aromatic N) is 2. The minimum atomic E-state index is 0.00347. The van der Waals surface area contributed by atoms with E-state index in [1.165, 1.54) is 0 Å². The Labute approximate surface area is 34.5 Å². The zero-order valence-corrected chi connectivity index (χ0v) is 3.13. The van der Waals surface area contributed by atoms with Crippen LogP contribution in [0.2, 0.25) is 0 Å². The van der Waals surface area contributed by atoms with Crippen LogP contribution in [-0.4, -0.2) is 13.1 Å². The van der Waals surface area contributed by atoms with Gasteiger partial charge in [0, 0.05) is 0 Å². The van der Waals surface area contributed by atoms with Crippen molar-refractivity contribution < 1.29 is 0 Å². The van der Waals surface area contributed by atoms with Crippen LogP contribution in [0.3, 0.4) is 0 Å². The fraction of sp³-hybridized carbons (Fsp3) is 1.00. The van der Waals surface area contributed by atoms with E-state index in [0.717, 1.165) is 0 Å². The maximum Gasteiger partial charge on any atom is 0.104 e. The van der Waals surface area contributed by atoms with Crippen molar-refractivity contribution in [3.8, 4) is 0 Å². The van der Waals surface area contributed by atoms with E-state index in [1.54, 1.807) is 0 Å². The predicted octanol–water partition coefficient (Wildman–Crippen LogP) is 0.519. The van der Waals surface area contributed by atoms with E-state index in [9.17, 15) is 0 Å². The lowest BCUT2D eigenvalue weighted by atomic mass is 10.7. The predicted molar refractivity (Wildman–Crippen MR) is 21.3 cm³/mol. The summed E-state index contributed by atoms with van der Waals surface area (Å²) in [6, 6.07) is 0. The second-order valence-electron chi connectivity index (χ2n) is 0.705. The van der Waals surface area contributed by atoms with Gasteiger partial charge < -0.3 is 0 Å². The van der Waals surface area contributed by atoms with Crippen molar-refractivity contribution in [2.75, 3.05) is 13.1 Å². The van der Waals surface area contributed by atoms with Gasteiger partial charge in [-0.15, -0.1) is 0 Å². The van der Waals surface area contributed by atoms with E-state index in [1.807, 2.05) is 0 Å². The van der Waals surface area contributed by atoms with Crippen LogP contribution in [0.25, 0.3) is 0 Å². The van der Waals surface area contributed by atoms with E-state index in [0.29, 0.717) is 0 Å². The molecule has 0 radical (unpaired) electrons. The lowest BCUT2D eigenvalue weighted by Crippen LogP contribution is -1.79. The number of rotatable bonds is 3. The molecule has 0 atom stereocenters. The van der Waals surface area contributed by atoms with Gasteiger partial charge in [0.25, 0.3) is 0 Å². The van der Waals surface area contributed by atoms with Gasteiger partial charge in [-0.05, 0) is 0 Å². The van der Waals surface area contributed by atoms with Crippen molar-refractivity contribution in [1.82, 2.24) is 0 Å². The van der Waals surface area contributed by atoms with Crippen LogP contribution >= 0.6 is 0 Å². The quantitative estimate of drug-likeness (QED) is 0.373. The Bertz CT molecular complexity index is 45.5. The van der Waals surface area contributed by atoms with Crippen LogP contribution in [0.1, 0.15) is 0 Å². The molecule has 0 saturated heterocycles. The van der Waals surface area contributed by atoms with Crippen LogP contribution < -0.4 is 0 Å². The van der Waals surface area contributed by atoms with E-state index >= 15 is 0 Å². The summed E-state index contributed by atoms with van der Waals surface area (Å²) >= 11 is 0. The number of hydrogen-bond donors (Lipinski definition) is 0. The molecule has 0 aliphatic rings. The molecule has 0 amide bonds. The molecule has 0 spiro atoms. The first-order valence-corrected chi connectivity index (χ1v) is 1.50. The fourth-order valence-corrected chi connectivity index (χ4v) is 0.0816. The van der Waals surface area contributed by atoms with Gasteiger partial charge in [-0.2, -0.15) is 9.81 Å². The molecule has 4 nitrogen and oxygen atoms in total. The second-order valence-corrected chi connectivity index (χ2v) is 0.705. The normalized spacial score (nSPS) is 7.33. The molecule has 4 heteroatoms. The van der Waals surface area contributed by atoms with Crippen LogP contribution in [0.4, 0.5) is 0 Å². The van der Waals surface area contributed by atoms with Crippen LogP contribution in [0, 0.1) is 9.81 Å². The molecule has 0 aliphatic heterocycles. The molecule has 0 aromatic rings. The maximum atomic E-state index is 9.11. The van der Waals surface area contributed by atoms with Crippen LogP contribution in [-0.2, 0) is 0 Å². The monoisotopic (exact) mass is 88.0 g/mol. The van der Waals surface area contributed by atoms with Gasteiger partial charge >= 0.3 is 0 Å². The third-order valence-electron chi connectivity index (χ3n) is 0.283. The van der Waals surface area contributed by atoms with Crippen molar-refractivity contribution in [3.05, 3.63) is 9.81 Å². The van der Waals surface area contributed by atoms with E-state index in [-0.39, 0.29) is 13.1 Å². The van der Waals surface area contributed by atoms with Gasteiger partial charge in [-0.1, -0.05) is 10.4 Å². The Morgan fingerprint density at radius 3 is 1.50 bits per heavy atom. The van der Waals surface area contributed by atoms with Gasteiger partial charge in [0.15, 0.2) is 0 Å². The highest BCUT2D eigenvalue weighted by atomic mass is 16.3. The molecular weight excluding hydrogens is 84.0 g/mol. The van der Waals surface area contributed by atoms with Crippen molar-refractivity contribution in [2.45, 2.75) is 0 Å². The Kier molecular flexibility index (Phi) is 3.64. The molecule has 6 heavy (non-hydrogen) atoms. The molecule has 0 rings (SSSR count). The minimum absolute atomic E-state index is 0.00347. The first kappa shape index (κ1) is 5.20. The average molecular weight is 88.1 g/mol. The largest absolute Gasteiger partial charge is 0.151 e. The average Bonchev–Trinajstić information content (AvgIpc) is 1.61. The molecule has 0 N–H and O–H groups in total. The zero-order valence-electron chi connectivity index (χ0n) is 3.13. The summed E-state index contributed by atoms with van der Waals surface area (Å²) in [5.74, 6) is 0. The fourth-order valence-electron chi connectivity index (χ4n) is 0.0816. The lowest BCUT2D eigenvalue weighted by Gasteiger charge is -1.68. The SMILES string of the molecule is O=NCCN=O. The lowest BCUT2D eigenvalue weighted by molar-refractivity contribution is 0.960. The standard InChI is InChI=1S/C2H4N2O2/c5-3-1-2-4-6/h1-2H2. The summed E-state index contributed by atoms with van der Waals surface area (Å²) in [6.45, 7) is 0.00694. The third kappa shape index (κ3) is 3.20. The summed E-state index contributed by atoms with van der Waals surface area (Å²) in [7, 11) is 0. The van der Waals surface area contributed by atoms with Gasteiger partial charge in [0.05, 0.1) is 0 Å². The Morgan fingerprint density at radius 1 is 1.00 bits per heavy atom. The molecule has 0 bridgehead atoms. The first-order valence-electron chi connectivity index (χ1n) is 1.50. The summed E-state index contributed by atoms with van der Waals surface area (Å²) in [4.78, 5) is 18.2. The third-order valence-corrected chi connectivity index (χ3v) is 0.283. The molecule has 0 unspecified atom stereocenters. The smallest absolute Gasteiger partial charge is 0.104 e. The van der Waals surface area contributed by atoms with Crippen molar-refractivity contribution in [2.24, 2.45) is 10.4 Å². The molecule has 0 aromatic carbocycles. The van der Waals surface area contributed by atoms with Gasteiger partial charge in [-0.25, -0.2) is 0 Å². The molecule has 0 saturated carbocycles. The van der Waals surface area contributed by atoms with Gasteiger partial charge in [0.1, 0.15) is 13.1 Å². The summed E-state index contributed by atoms with van der Waals surface area (Å²) in [5.41, 5.74) is 0. The second kappa shape index (κ2) is 4.20. The maximum absolute atomic E-state index is 9.11. The highest BCUT2D eigenvalue weighted by Crippen LogP contribution is 1.66. The summed E-state index contributed by atoms with van der Waals surface area (Å²) in [5, 5.41) is 4.76. The van der Waals surface area contributed by atoms with Crippen molar-refractivity contribution in [1.29, 1.82) is 0 Å². The Hall–Kier alpha value is -0.800. The van der Waals surface area contributed by atoms with Crippen molar-refractivity contribution in [3.63, 3.8) is 0 Å². The molecule has 0 aliphatic carbocycles. The molecule has 0 heterocycles. The summed E-state index contributed by atoms with van der Waals surface area (Å²) in [6.07, 6.45) is 0. The van der Waals surface area contributed by atoms with E-state index in [2.05, 4.69) is 10.4 Å². The Morgan fingerprint density at radius 2 is 1.33 bits per heavy atom. The molecular formula is C2H4N2O2. The van der Waals surface area contributed by atoms with Crippen LogP contribution in [0.5, 0.6) is 0 Å². The minimum Gasteiger partial charge on any atom is -0.151 e.